The van der Waals surface area contributed by atoms with Crippen molar-refractivity contribution in [1.82, 2.24) is 0 Å². The van der Waals surface area contributed by atoms with Crippen LogP contribution in [0.2, 0.25) is 0 Å². The maximum Gasteiger partial charge on any atom is 0.117 e. The summed E-state index contributed by atoms with van der Waals surface area (Å²) in [5.74, 6) is -0.317. The summed E-state index contributed by atoms with van der Waals surface area (Å²) in [5, 5.41) is 0. The number of aryl methyl sites for hydroxylation is 2. The highest BCUT2D eigenvalue weighted by molar-refractivity contribution is 6.32. The minimum Gasteiger partial charge on any atom is -0.208 e. The van der Waals surface area contributed by atoms with Gasteiger partial charge < -0.3 is 0 Å². The summed E-state index contributed by atoms with van der Waals surface area (Å²) in [6.45, 7) is 0. The number of rotatable bonds is 4. The lowest BCUT2D eigenvalue weighted by Crippen LogP contribution is -2.08. The zero-order valence-corrected chi connectivity index (χ0v) is 9.70. The summed E-state index contributed by atoms with van der Waals surface area (Å²) in [6.07, 6.45) is 2.92. The van der Waals surface area contributed by atoms with Crippen LogP contribution in [0.25, 0.3) is 0 Å². The van der Waals surface area contributed by atoms with Crippen molar-refractivity contribution in [3.8, 4) is 0 Å². The smallest absolute Gasteiger partial charge is 0.117 e. The molecule has 0 N–H and O–H groups in total. The van der Waals surface area contributed by atoms with E-state index in [9.17, 15) is 4.39 Å². The first-order valence-corrected chi connectivity index (χ1v) is 5.83. The Bertz CT molecular complexity index is 480. The molecule has 0 nitrogen and oxygen atoms in total. The van der Waals surface area contributed by atoms with Gasteiger partial charge in [0.25, 0.3) is 0 Å². The van der Waals surface area contributed by atoms with Crippen molar-refractivity contribution < 1.29 is 4.39 Å². The van der Waals surface area contributed by atoms with Crippen LogP contribution in [0.3, 0.4) is 0 Å². The van der Waals surface area contributed by atoms with Crippen molar-refractivity contribution in [1.29, 1.82) is 0 Å². The van der Waals surface area contributed by atoms with Crippen molar-refractivity contribution in [2.75, 3.05) is 0 Å². The minimum atomic E-state index is -0.317. The molecule has 0 bridgehead atoms. The molecule has 0 unspecified atom stereocenters. The van der Waals surface area contributed by atoms with Crippen molar-refractivity contribution in [3.05, 3.63) is 65.5 Å². The lowest BCUT2D eigenvalue weighted by atomic mass is 9.93. The molecular formula is C15H14BF. The Balaban J connectivity index is 1.88. The fourth-order valence-electron chi connectivity index (χ4n) is 1.87. The van der Waals surface area contributed by atoms with Gasteiger partial charge in [0.05, 0.1) is 0 Å². The van der Waals surface area contributed by atoms with E-state index in [1.54, 1.807) is 6.07 Å². The summed E-state index contributed by atoms with van der Waals surface area (Å²) in [5.41, 5.74) is 2.55. The molecule has 0 aliphatic rings. The second kappa shape index (κ2) is 5.67. The van der Waals surface area contributed by atoms with Crippen LogP contribution in [-0.4, -0.2) is 7.85 Å². The van der Waals surface area contributed by atoms with E-state index in [1.807, 2.05) is 24.3 Å². The van der Waals surface area contributed by atoms with Crippen LogP contribution in [0, 0.1) is 5.82 Å². The SMILES string of the molecule is [B]c1ccc(CCCc2ccccc2)cc1F. The minimum absolute atomic E-state index is 0.219. The molecule has 0 amide bonds. The third-order valence-electron chi connectivity index (χ3n) is 2.84. The van der Waals surface area contributed by atoms with Gasteiger partial charge >= 0.3 is 0 Å². The fraction of sp³-hybridized carbons (Fsp3) is 0.200. The molecule has 0 atom stereocenters. The molecule has 2 rings (SSSR count). The molecule has 0 saturated carbocycles. The standard InChI is InChI=1S/C15H14BF/c16-14-10-9-13(11-15(14)17)8-4-7-12-5-2-1-3-6-12/h1-3,5-6,9-11H,4,7-8H2. The summed E-state index contributed by atoms with van der Waals surface area (Å²) in [4.78, 5) is 0. The number of halogens is 1. The Hall–Kier alpha value is -1.57. The molecule has 0 heterocycles. The van der Waals surface area contributed by atoms with Crippen LogP contribution in [0.4, 0.5) is 4.39 Å². The molecule has 2 aromatic carbocycles. The predicted octanol–water partition coefficient (Wildman–Crippen LogP) is 2.79. The summed E-state index contributed by atoms with van der Waals surface area (Å²) >= 11 is 0. The summed E-state index contributed by atoms with van der Waals surface area (Å²) in [6, 6.07) is 15.4. The van der Waals surface area contributed by atoms with E-state index in [0.29, 0.717) is 0 Å². The van der Waals surface area contributed by atoms with E-state index in [4.69, 9.17) is 7.85 Å². The zero-order valence-electron chi connectivity index (χ0n) is 9.70. The van der Waals surface area contributed by atoms with Gasteiger partial charge in [0, 0.05) is 0 Å². The van der Waals surface area contributed by atoms with Gasteiger partial charge in [0.1, 0.15) is 13.7 Å². The highest BCUT2D eigenvalue weighted by Crippen LogP contribution is 2.08. The Kier molecular flexibility index (Phi) is 3.97. The Morgan fingerprint density at radius 3 is 2.29 bits per heavy atom. The first-order chi connectivity index (χ1) is 8.25. The monoisotopic (exact) mass is 224 g/mol. The van der Waals surface area contributed by atoms with Gasteiger partial charge in [0.2, 0.25) is 0 Å². The van der Waals surface area contributed by atoms with Crippen LogP contribution in [0.5, 0.6) is 0 Å². The molecule has 0 aliphatic carbocycles. The lowest BCUT2D eigenvalue weighted by Gasteiger charge is -2.04. The molecule has 0 saturated heterocycles. The molecule has 17 heavy (non-hydrogen) atoms. The van der Waals surface area contributed by atoms with Crippen LogP contribution >= 0.6 is 0 Å². The Labute approximate surface area is 103 Å². The van der Waals surface area contributed by atoms with Gasteiger partial charge in [-0.3, -0.25) is 0 Å². The summed E-state index contributed by atoms with van der Waals surface area (Å²) in [7, 11) is 5.43. The summed E-state index contributed by atoms with van der Waals surface area (Å²) < 4.78 is 13.2. The largest absolute Gasteiger partial charge is 0.208 e. The second-order valence-electron chi connectivity index (χ2n) is 4.20. The van der Waals surface area contributed by atoms with Gasteiger partial charge in [-0.05, 0) is 36.5 Å². The van der Waals surface area contributed by atoms with E-state index in [0.717, 1.165) is 24.8 Å². The number of hydrogen-bond acceptors (Lipinski definition) is 0. The van der Waals surface area contributed by atoms with Gasteiger partial charge in [0.15, 0.2) is 0 Å². The first-order valence-electron chi connectivity index (χ1n) is 5.83. The molecule has 0 aromatic heterocycles. The number of hydrogen-bond donors (Lipinski definition) is 0. The molecule has 2 radical (unpaired) electrons. The van der Waals surface area contributed by atoms with E-state index in [-0.39, 0.29) is 11.3 Å². The molecule has 0 fully saturated rings. The van der Waals surface area contributed by atoms with Crippen molar-refractivity contribution >= 4 is 13.3 Å². The van der Waals surface area contributed by atoms with Crippen LogP contribution in [0.15, 0.2) is 48.5 Å². The second-order valence-corrected chi connectivity index (χ2v) is 4.20. The average molecular weight is 224 g/mol. The normalized spacial score (nSPS) is 10.4. The van der Waals surface area contributed by atoms with E-state index >= 15 is 0 Å². The van der Waals surface area contributed by atoms with E-state index in [2.05, 4.69) is 12.1 Å². The van der Waals surface area contributed by atoms with Crippen molar-refractivity contribution in [2.24, 2.45) is 0 Å². The van der Waals surface area contributed by atoms with Crippen LogP contribution in [-0.2, 0) is 12.8 Å². The Morgan fingerprint density at radius 2 is 1.59 bits per heavy atom. The molecule has 0 spiro atoms. The maximum absolute atomic E-state index is 13.2. The van der Waals surface area contributed by atoms with E-state index in [1.165, 1.54) is 11.6 Å². The highest BCUT2D eigenvalue weighted by Gasteiger charge is 1.99. The van der Waals surface area contributed by atoms with Crippen LogP contribution in [0.1, 0.15) is 17.5 Å². The molecular weight excluding hydrogens is 210 g/mol. The highest BCUT2D eigenvalue weighted by atomic mass is 19.1. The fourth-order valence-corrected chi connectivity index (χ4v) is 1.87. The quantitative estimate of drug-likeness (QED) is 0.700. The molecule has 2 aromatic rings. The Morgan fingerprint density at radius 1 is 0.882 bits per heavy atom. The lowest BCUT2D eigenvalue weighted by molar-refractivity contribution is 0.632. The molecule has 2 heteroatoms. The van der Waals surface area contributed by atoms with Gasteiger partial charge in [-0.15, -0.1) is 0 Å². The van der Waals surface area contributed by atoms with Gasteiger partial charge in [-0.2, -0.15) is 0 Å². The molecule has 0 aliphatic heterocycles. The average Bonchev–Trinajstić information content (AvgIpc) is 2.35. The third kappa shape index (κ3) is 3.45. The topological polar surface area (TPSA) is 0 Å². The van der Waals surface area contributed by atoms with Crippen LogP contribution < -0.4 is 5.46 Å². The third-order valence-corrected chi connectivity index (χ3v) is 2.84. The predicted molar refractivity (Wildman–Crippen MR) is 70.3 cm³/mol. The van der Waals surface area contributed by atoms with Crippen molar-refractivity contribution in [3.63, 3.8) is 0 Å². The van der Waals surface area contributed by atoms with Gasteiger partial charge in [-0.25, -0.2) is 4.39 Å². The molecule has 84 valence electrons. The number of benzene rings is 2. The van der Waals surface area contributed by atoms with Crippen molar-refractivity contribution in [2.45, 2.75) is 19.3 Å². The van der Waals surface area contributed by atoms with E-state index < -0.39 is 0 Å². The maximum atomic E-state index is 13.2. The first kappa shape index (κ1) is 11.9. The van der Waals surface area contributed by atoms with Gasteiger partial charge in [-0.1, -0.05) is 47.9 Å². The zero-order chi connectivity index (χ0) is 12.1.